The minimum absolute atomic E-state index is 0.0808. The summed E-state index contributed by atoms with van der Waals surface area (Å²) >= 11 is 0. The lowest BCUT2D eigenvalue weighted by Crippen LogP contribution is -2.54. The minimum Gasteiger partial charge on any atom is -0.339 e. The lowest BCUT2D eigenvalue weighted by molar-refractivity contribution is -0.134. The molecule has 1 amide bonds. The SMILES string of the molecule is CC(C)N1CCN(C(=O)[C@H](N)Cc2ccccc2)CC1. The first kappa shape index (κ1) is 15.0. The molecule has 0 aromatic heterocycles. The summed E-state index contributed by atoms with van der Waals surface area (Å²) in [5.74, 6) is 0.0808. The number of amides is 1. The van der Waals surface area contributed by atoms with Gasteiger partial charge in [0, 0.05) is 32.2 Å². The van der Waals surface area contributed by atoms with Gasteiger partial charge in [0.2, 0.25) is 5.91 Å². The van der Waals surface area contributed by atoms with Gasteiger partial charge in [0.25, 0.3) is 0 Å². The van der Waals surface area contributed by atoms with Gasteiger partial charge >= 0.3 is 0 Å². The normalized spacial score (nSPS) is 18.3. The van der Waals surface area contributed by atoms with Crippen LogP contribution in [0.5, 0.6) is 0 Å². The molecule has 1 aliphatic heterocycles. The molecule has 0 saturated carbocycles. The Morgan fingerprint density at radius 2 is 1.75 bits per heavy atom. The van der Waals surface area contributed by atoms with E-state index in [-0.39, 0.29) is 5.91 Å². The molecule has 110 valence electrons. The maximum Gasteiger partial charge on any atom is 0.239 e. The van der Waals surface area contributed by atoms with E-state index >= 15 is 0 Å². The van der Waals surface area contributed by atoms with E-state index in [1.807, 2.05) is 35.2 Å². The van der Waals surface area contributed by atoms with E-state index in [0.717, 1.165) is 31.7 Å². The lowest BCUT2D eigenvalue weighted by Gasteiger charge is -2.37. The van der Waals surface area contributed by atoms with Crippen molar-refractivity contribution >= 4 is 5.91 Å². The predicted octanol–water partition coefficient (Wildman–Crippen LogP) is 1.11. The van der Waals surface area contributed by atoms with Crippen LogP contribution >= 0.6 is 0 Å². The summed E-state index contributed by atoms with van der Waals surface area (Å²) in [7, 11) is 0. The van der Waals surface area contributed by atoms with Gasteiger partial charge in [0.1, 0.15) is 0 Å². The van der Waals surface area contributed by atoms with Crippen LogP contribution in [0.4, 0.5) is 0 Å². The van der Waals surface area contributed by atoms with Crippen molar-refractivity contribution in [3.63, 3.8) is 0 Å². The highest BCUT2D eigenvalue weighted by atomic mass is 16.2. The first-order valence-electron chi connectivity index (χ1n) is 7.40. The third-order valence-electron chi connectivity index (χ3n) is 3.97. The molecule has 2 rings (SSSR count). The van der Waals surface area contributed by atoms with Crippen LogP contribution in [0.1, 0.15) is 19.4 Å². The Labute approximate surface area is 121 Å². The van der Waals surface area contributed by atoms with Gasteiger partial charge in [-0.05, 0) is 25.8 Å². The van der Waals surface area contributed by atoms with Crippen molar-refractivity contribution in [2.24, 2.45) is 5.73 Å². The van der Waals surface area contributed by atoms with Crippen molar-refractivity contribution in [1.82, 2.24) is 9.80 Å². The fourth-order valence-electron chi connectivity index (χ4n) is 2.65. The quantitative estimate of drug-likeness (QED) is 0.895. The van der Waals surface area contributed by atoms with Crippen molar-refractivity contribution in [1.29, 1.82) is 0 Å². The summed E-state index contributed by atoms with van der Waals surface area (Å²) in [6.07, 6.45) is 0.615. The molecule has 4 heteroatoms. The van der Waals surface area contributed by atoms with Crippen molar-refractivity contribution in [3.8, 4) is 0 Å². The fourth-order valence-corrected chi connectivity index (χ4v) is 2.65. The number of benzene rings is 1. The van der Waals surface area contributed by atoms with Gasteiger partial charge in [-0.1, -0.05) is 30.3 Å². The van der Waals surface area contributed by atoms with E-state index in [4.69, 9.17) is 5.73 Å². The van der Waals surface area contributed by atoms with E-state index in [9.17, 15) is 4.79 Å². The van der Waals surface area contributed by atoms with Gasteiger partial charge < -0.3 is 10.6 Å². The minimum atomic E-state index is -0.428. The molecule has 0 bridgehead atoms. The highest BCUT2D eigenvalue weighted by Crippen LogP contribution is 2.09. The summed E-state index contributed by atoms with van der Waals surface area (Å²) in [6.45, 7) is 7.86. The molecule has 0 unspecified atom stereocenters. The first-order chi connectivity index (χ1) is 9.58. The molecule has 2 N–H and O–H groups in total. The van der Waals surface area contributed by atoms with Gasteiger partial charge in [0.05, 0.1) is 6.04 Å². The summed E-state index contributed by atoms with van der Waals surface area (Å²) in [6, 6.07) is 10.1. The Morgan fingerprint density at radius 3 is 2.30 bits per heavy atom. The van der Waals surface area contributed by atoms with Crippen molar-refractivity contribution in [3.05, 3.63) is 35.9 Å². The van der Waals surface area contributed by atoms with Crippen LogP contribution in [0.2, 0.25) is 0 Å². The molecule has 20 heavy (non-hydrogen) atoms. The standard InChI is InChI=1S/C16H25N3O/c1-13(2)18-8-10-19(11-9-18)16(20)15(17)12-14-6-4-3-5-7-14/h3-7,13,15H,8-12,17H2,1-2H3/t15-/m1/s1. The summed E-state index contributed by atoms with van der Waals surface area (Å²) in [4.78, 5) is 16.7. The average molecular weight is 275 g/mol. The van der Waals surface area contributed by atoms with Crippen LogP contribution in [0.25, 0.3) is 0 Å². The Balaban J connectivity index is 1.85. The second kappa shape index (κ2) is 6.86. The summed E-state index contributed by atoms with van der Waals surface area (Å²) < 4.78 is 0. The highest BCUT2D eigenvalue weighted by Gasteiger charge is 2.25. The molecule has 4 nitrogen and oxygen atoms in total. The van der Waals surface area contributed by atoms with Crippen LogP contribution in [0, 0.1) is 0 Å². The summed E-state index contributed by atoms with van der Waals surface area (Å²) in [5.41, 5.74) is 7.19. The maximum atomic E-state index is 12.4. The van der Waals surface area contributed by atoms with E-state index in [0.29, 0.717) is 12.5 Å². The molecular formula is C16H25N3O. The number of carbonyl (C=O) groups excluding carboxylic acids is 1. The number of nitrogens with zero attached hydrogens (tertiary/aromatic N) is 2. The molecule has 0 aliphatic carbocycles. The third kappa shape index (κ3) is 3.81. The lowest BCUT2D eigenvalue weighted by atomic mass is 10.1. The molecule has 1 aromatic rings. The van der Waals surface area contributed by atoms with Gasteiger partial charge in [-0.15, -0.1) is 0 Å². The molecule has 0 radical (unpaired) electrons. The molecular weight excluding hydrogens is 250 g/mol. The second-order valence-electron chi connectivity index (χ2n) is 5.75. The van der Waals surface area contributed by atoms with Crippen molar-refractivity contribution < 1.29 is 4.79 Å². The number of rotatable bonds is 4. The monoisotopic (exact) mass is 275 g/mol. The predicted molar refractivity (Wildman–Crippen MR) is 81.4 cm³/mol. The third-order valence-corrected chi connectivity index (χ3v) is 3.97. The van der Waals surface area contributed by atoms with Gasteiger partial charge in [0.15, 0.2) is 0 Å². The Morgan fingerprint density at radius 1 is 1.15 bits per heavy atom. The maximum absolute atomic E-state index is 12.4. The number of piperazine rings is 1. The zero-order valence-corrected chi connectivity index (χ0v) is 12.5. The topological polar surface area (TPSA) is 49.6 Å². The second-order valence-corrected chi connectivity index (χ2v) is 5.75. The molecule has 0 spiro atoms. The van der Waals surface area contributed by atoms with E-state index in [1.165, 1.54) is 0 Å². The number of carbonyl (C=O) groups is 1. The number of nitrogens with two attached hydrogens (primary N) is 1. The van der Waals surface area contributed by atoms with Crippen molar-refractivity contribution in [2.45, 2.75) is 32.4 Å². The van der Waals surface area contributed by atoms with E-state index < -0.39 is 6.04 Å². The van der Waals surface area contributed by atoms with Crippen LogP contribution in [0.3, 0.4) is 0 Å². The Hall–Kier alpha value is -1.39. The van der Waals surface area contributed by atoms with Crippen LogP contribution in [-0.4, -0.2) is 54.0 Å². The van der Waals surface area contributed by atoms with Crippen LogP contribution in [0.15, 0.2) is 30.3 Å². The molecule has 1 atom stereocenters. The highest BCUT2D eigenvalue weighted by molar-refractivity contribution is 5.82. The first-order valence-corrected chi connectivity index (χ1v) is 7.40. The number of hydrogen-bond acceptors (Lipinski definition) is 3. The Kier molecular flexibility index (Phi) is 5.15. The zero-order chi connectivity index (χ0) is 14.5. The zero-order valence-electron chi connectivity index (χ0n) is 12.5. The van der Waals surface area contributed by atoms with Crippen LogP contribution < -0.4 is 5.73 Å². The smallest absolute Gasteiger partial charge is 0.239 e. The number of hydrogen-bond donors (Lipinski definition) is 1. The van der Waals surface area contributed by atoms with Gasteiger partial charge in [-0.25, -0.2) is 0 Å². The van der Waals surface area contributed by atoms with Gasteiger partial charge in [-0.2, -0.15) is 0 Å². The molecule has 1 heterocycles. The largest absolute Gasteiger partial charge is 0.339 e. The van der Waals surface area contributed by atoms with E-state index in [1.54, 1.807) is 0 Å². The fraction of sp³-hybridized carbons (Fsp3) is 0.562. The van der Waals surface area contributed by atoms with Crippen molar-refractivity contribution in [2.75, 3.05) is 26.2 Å². The molecule has 1 aromatic carbocycles. The van der Waals surface area contributed by atoms with E-state index in [2.05, 4.69) is 18.7 Å². The van der Waals surface area contributed by atoms with Crippen LogP contribution in [-0.2, 0) is 11.2 Å². The molecule has 1 aliphatic rings. The van der Waals surface area contributed by atoms with Gasteiger partial charge in [-0.3, -0.25) is 9.69 Å². The molecule has 1 saturated heterocycles. The average Bonchev–Trinajstić information content (AvgIpc) is 2.47. The Bertz CT molecular complexity index is 425. The molecule has 1 fully saturated rings. The summed E-state index contributed by atoms with van der Waals surface area (Å²) in [5, 5.41) is 0.